The number of nitrogens with one attached hydrogen (secondary N) is 2. The Bertz CT molecular complexity index is 800. The van der Waals surface area contributed by atoms with Gasteiger partial charge in [-0.3, -0.25) is 4.99 Å². The van der Waals surface area contributed by atoms with E-state index in [1.165, 1.54) is 0 Å². The molecule has 2 aromatic carbocycles. The zero-order valence-electron chi connectivity index (χ0n) is 19.8. The quantitative estimate of drug-likeness (QED) is 0.180. The van der Waals surface area contributed by atoms with Gasteiger partial charge in [-0.25, -0.2) is 0 Å². The maximum atomic E-state index is 5.94. The van der Waals surface area contributed by atoms with Crippen LogP contribution < -0.4 is 24.8 Å². The van der Waals surface area contributed by atoms with Crippen LogP contribution in [0.2, 0.25) is 0 Å². The Morgan fingerprint density at radius 2 is 1.75 bits per heavy atom. The summed E-state index contributed by atoms with van der Waals surface area (Å²) in [4.78, 5) is 6.44. The van der Waals surface area contributed by atoms with Crippen LogP contribution in [0.3, 0.4) is 0 Å². The van der Waals surface area contributed by atoms with Crippen molar-refractivity contribution in [3.63, 3.8) is 0 Å². The van der Waals surface area contributed by atoms with Gasteiger partial charge in [0.05, 0.1) is 20.3 Å². The molecule has 0 amide bonds. The Balaban J connectivity index is 0.00000512. The summed E-state index contributed by atoms with van der Waals surface area (Å²) in [6, 6.07) is 15.7. The van der Waals surface area contributed by atoms with Crippen molar-refractivity contribution in [3.05, 3.63) is 54.1 Å². The van der Waals surface area contributed by atoms with Gasteiger partial charge in [0.15, 0.2) is 5.96 Å². The molecule has 1 atom stereocenters. The Morgan fingerprint density at radius 1 is 1.03 bits per heavy atom. The van der Waals surface area contributed by atoms with Gasteiger partial charge in [0, 0.05) is 26.2 Å². The molecule has 0 aromatic heterocycles. The van der Waals surface area contributed by atoms with Crippen molar-refractivity contribution < 1.29 is 14.2 Å². The molecule has 0 bridgehead atoms. The normalized spacial score (nSPS) is 12.0. The molecule has 8 heteroatoms. The lowest BCUT2D eigenvalue weighted by molar-refractivity contribution is 0.223. The molecular weight excluding hydrogens is 519 g/mol. The lowest BCUT2D eigenvalue weighted by Gasteiger charge is -2.18. The monoisotopic (exact) mass is 556 g/mol. The number of rotatable bonds is 12. The molecular formula is C24H37IN4O3. The molecule has 0 aliphatic carbocycles. The Kier molecular flexibility index (Phi) is 13.5. The summed E-state index contributed by atoms with van der Waals surface area (Å²) in [6.07, 6.45) is 0.979. The predicted octanol–water partition coefficient (Wildman–Crippen LogP) is 3.78. The number of ether oxygens (including phenoxy) is 3. The lowest BCUT2D eigenvalue weighted by Crippen LogP contribution is -2.41. The Labute approximate surface area is 209 Å². The van der Waals surface area contributed by atoms with E-state index in [9.17, 15) is 0 Å². The van der Waals surface area contributed by atoms with Gasteiger partial charge in [0.2, 0.25) is 0 Å². The number of hydrogen-bond acceptors (Lipinski definition) is 5. The first-order valence-electron chi connectivity index (χ1n) is 10.6. The molecule has 32 heavy (non-hydrogen) atoms. The summed E-state index contributed by atoms with van der Waals surface area (Å²) in [5, 5.41) is 6.62. The van der Waals surface area contributed by atoms with Crippen molar-refractivity contribution in [2.45, 2.75) is 26.0 Å². The zero-order valence-corrected chi connectivity index (χ0v) is 22.1. The lowest BCUT2D eigenvalue weighted by atomic mass is 10.2. The molecule has 1 unspecified atom stereocenters. The van der Waals surface area contributed by atoms with Gasteiger partial charge in [0.1, 0.15) is 23.4 Å². The molecule has 0 aliphatic heterocycles. The minimum atomic E-state index is -0.0328. The number of guanidine groups is 1. The molecule has 0 aliphatic rings. The van der Waals surface area contributed by atoms with Crippen molar-refractivity contribution in [2.24, 2.45) is 4.99 Å². The fourth-order valence-corrected chi connectivity index (χ4v) is 2.87. The van der Waals surface area contributed by atoms with Gasteiger partial charge in [-0.15, -0.1) is 24.0 Å². The molecule has 0 spiro atoms. The summed E-state index contributed by atoms with van der Waals surface area (Å²) in [5.41, 5.74) is 1.16. The van der Waals surface area contributed by atoms with E-state index < -0.39 is 0 Å². The van der Waals surface area contributed by atoms with Crippen LogP contribution in [0.15, 0.2) is 53.5 Å². The van der Waals surface area contributed by atoms with Crippen LogP contribution in [-0.2, 0) is 6.54 Å². The number of nitrogens with zero attached hydrogens (tertiary/aromatic N) is 2. The smallest absolute Gasteiger partial charge is 0.191 e. The first-order valence-corrected chi connectivity index (χ1v) is 10.6. The summed E-state index contributed by atoms with van der Waals surface area (Å²) >= 11 is 0. The largest absolute Gasteiger partial charge is 0.497 e. The molecule has 2 N–H and O–H groups in total. The highest BCUT2D eigenvalue weighted by molar-refractivity contribution is 14.0. The maximum absolute atomic E-state index is 5.94. The van der Waals surface area contributed by atoms with E-state index in [1.54, 1.807) is 14.2 Å². The van der Waals surface area contributed by atoms with Gasteiger partial charge < -0.3 is 29.7 Å². The van der Waals surface area contributed by atoms with E-state index >= 15 is 0 Å². The fourth-order valence-electron chi connectivity index (χ4n) is 2.87. The Morgan fingerprint density at radius 3 is 2.41 bits per heavy atom. The van der Waals surface area contributed by atoms with Gasteiger partial charge in [-0.1, -0.05) is 18.2 Å². The predicted molar refractivity (Wildman–Crippen MR) is 142 cm³/mol. The SMILES string of the molecule is CN=C(NCc1ccc(OCCCN(C)C)cc1)NCC(C)Oc1cccc(OC)c1.I. The minimum absolute atomic E-state index is 0. The first-order chi connectivity index (χ1) is 15.0. The highest BCUT2D eigenvalue weighted by Crippen LogP contribution is 2.19. The van der Waals surface area contributed by atoms with Crippen LogP contribution in [0.4, 0.5) is 0 Å². The molecule has 0 saturated heterocycles. The molecule has 178 valence electrons. The molecule has 0 fully saturated rings. The summed E-state index contributed by atoms with van der Waals surface area (Å²) in [5.74, 6) is 3.18. The van der Waals surface area contributed by atoms with E-state index in [2.05, 4.69) is 46.8 Å². The first kappa shape index (κ1) is 27.8. The van der Waals surface area contributed by atoms with Gasteiger partial charge in [-0.05, 0) is 57.3 Å². The number of aliphatic imine (C=N–C) groups is 1. The topological polar surface area (TPSA) is 67.4 Å². The van der Waals surface area contributed by atoms with Crippen molar-refractivity contribution in [1.29, 1.82) is 0 Å². The highest BCUT2D eigenvalue weighted by atomic mass is 127. The maximum Gasteiger partial charge on any atom is 0.191 e. The number of hydrogen-bond donors (Lipinski definition) is 2. The highest BCUT2D eigenvalue weighted by Gasteiger charge is 2.07. The average molecular weight is 556 g/mol. The Hall–Kier alpha value is -2.20. The van der Waals surface area contributed by atoms with Gasteiger partial charge >= 0.3 is 0 Å². The second kappa shape index (κ2) is 15.6. The number of methoxy groups -OCH3 is 1. The standard InChI is InChI=1S/C24H36N4O3.HI/c1-19(31-23-9-6-8-22(16-23)29-5)17-26-24(25-2)27-18-20-10-12-21(13-11-20)30-15-7-14-28(3)4;/h6,8-13,16,19H,7,14-15,17-18H2,1-5H3,(H2,25,26,27);1H. The summed E-state index contributed by atoms with van der Waals surface area (Å²) < 4.78 is 17.0. The second-order valence-corrected chi connectivity index (χ2v) is 7.56. The molecule has 0 saturated carbocycles. The fraction of sp³-hybridized carbons (Fsp3) is 0.458. The van der Waals surface area contributed by atoms with Gasteiger partial charge in [0.25, 0.3) is 0 Å². The summed E-state index contributed by atoms with van der Waals surface area (Å²) in [6.45, 7) is 5.05. The van der Waals surface area contributed by atoms with Crippen LogP contribution in [-0.4, -0.2) is 64.9 Å². The molecule has 2 rings (SSSR count). The zero-order chi connectivity index (χ0) is 22.5. The van der Waals surface area contributed by atoms with Crippen molar-refractivity contribution in [1.82, 2.24) is 15.5 Å². The van der Waals surface area contributed by atoms with E-state index in [1.807, 2.05) is 43.3 Å². The average Bonchev–Trinajstić information content (AvgIpc) is 2.77. The number of halogens is 1. The van der Waals surface area contributed by atoms with Crippen LogP contribution in [0.5, 0.6) is 17.2 Å². The molecule has 0 heterocycles. The third-order valence-electron chi connectivity index (χ3n) is 4.56. The summed E-state index contributed by atoms with van der Waals surface area (Å²) in [7, 11) is 7.54. The number of benzene rings is 2. The van der Waals surface area contributed by atoms with Crippen LogP contribution in [0.1, 0.15) is 18.9 Å². The second-order valence-electron chi connectivity index (χ2n) is 7.56. The van der Waals surface area contributed by atoms with Crippen LogP contribution >= 0.6 is 24.0 Å². The molecule has 0 radical (unpaired) electrons. The third kappa shape index (κ3) is 10.9. The third-order valence-corrected chi connectivity index (χ3v) is 4.56. The van der Waals surface area contributed by atoms with E-state index in [4.69, 9.17) is 14.2 Å². The van der Waals surface area contributed by atoms with E-state index in [-0.39, 0.29) is 30.1 Å². The van der Waals surface area contributed by atoms with Crippen molar-refractivity contribution in [3.8, 4) is 17.2 Å². The van der Waals surface area contributed by atoms with Crippen molar-refractivity contribution >= 4 is 29.9 Å². The van der Waals surface area contributed by atoms with Crippen molar-refractivity contribution in [2.75, 3.05) is 47.9 Å². The molecule has 2 aromatic rings. The van der Waals surface area contributed by atoms with Gasteiger partial charge in [-0.2, -0.15) is 0 Å². The molecule has 7 nitrogen and oxygen atoms in total. The van der Waals surface area contributed by atoms with E-state index in [0.29, 0.717) is 13.1 Å². The minimum Gasteiger partial charge on any atom is -0.497 e. The van der Waals surface area contributed by atoms with Crippen LogP contribution in [0, 0.1) is 0 Å². The van der Waals surface area contributed by atoms with Crippen LogP contribution in [0.25, 0.3) is 0 Å². The van der Waals surface area contributed by atoms with E-state index in [0.717, 1.165) is 48.3 Å².